The van der Waals surface area contributed by atoms with Crippen LogP contribution in [-0.2, 0) is 20.7 Å². The summed E-state index contributed by atoms with van der Waals surface area (Å²) in [5.41, 5.74) is 0.451. The fraction of sp³-hybridized carbons (Fsp3) is 0.143. The van der Waals surface area contributed by atoms with Crippen LogP contribution in [0.25, 0.3) is 0 Å². The van der Waals surface area contributed by atoms with Gasteiger partial charge in [0.05, 0.1) is 6.42 Å². The zero-order chi connectivity index (χ0) is 15.2. The van der Waals surface area contributed by atoms with Gasteiger partial charge in [-0.3, -0.25) is 9.59 Å². The van der Waals surface area contributed by atoms with Gasteiger partial charge in [0, 0.05) is 20.6 Å². The first kappa shape index (κ1) is 15.8. The molecule has 0 saturated carbocycles. The van der Waals surface area contributed by atoms with E-state index in [1.54, 1.807) is 18.2 Å². The summed E-state index contributed by atoms with van der Waals surface area (Å²) in [5.74, 6) is -0.899. The molecule has 110 valence electrons. The smallest absolute Gasteiger partial charge is 0.311 e. The maximum atomic E-state index is 11.7. The molecular formula is C14H11Cl2NO3S. The third-order valence-electron chi connectivity index (χ3n) is 2.41. The van der Waals surface area contributed by atoms with Gasteiger partial charge in [0.15, 0.2) is 6.61 Å². The quantitative estimate of drug-likeness (QED) is 0.840. The van der Waals surface area contributed by atoms with Gasteiger partial charge in [-0.1, -0.05) is 29.3 Å². The lowest BCUT2D eigenvalue weighted by molar-refractivity contribution is -0.146. The Hall–Kier alpha value is -1.56. The van der Waals surface area contributed by atoms with Crippen LogP contribution in [0.1, 0.15) is 4.88 Å². The van der Waals surface area contributed by atoms with Gasteiger partial charge < -0.3 is 10.1 Å². The number of hydrogen-bond donors (Lipinski definition) is 1. The summed E-state index contributed by atoms with van der Waals surface area (Å²) in [4.78, 5) is 24.1. The van der Waals surface area contributed by atoms with Crippen LogP contribution in [-0.4, -0.2) is 18.5 Å². The molecule has 1 heterocycles. The summed E-state index contributed by atoms with van der Waals surface area (Å²) >= 11 is 13.1. The van der Waals surface area contributed by atoms with E-state index in [4.69, 9.17) is 27.9 Å². The van der Waals surface area contributed by atoms with Crippen molar-refractivity contribution in [1.82, 2.24) is 0 Å². The molecular weight excluding hydrogens is 333 g/mol. The minimum atomic E-state index is -0.451. The summed E-state index contributed by atoms with van der Waals surface area (Å²) in [7, 11) is 0. The van der Waals surface area contributed by atoms with Crippen LogP contribution in [0.3, 0.4) is 0 Å². The largest absolute Gasteiger partial charge is 0.455 e. The van der Waals surface area contributed by atoms with E-state index in [1.165, 1.54) is 11.3 Å². The first-order valence-corrected chi connectivity index (χ1v) is 7.60. The lowest BCUT2D eigenvalue weighted by atomic mass is 10.3. The molecule has 0 saturated heterocycles. The van der Waals surface area contributed by atoms with E-state index in [-0.39, 0.29) is 13.0 Å². The van der Waals surface area contributed by atoms with Crippen molar-refractivity contribution in [2.45, 2.75) is 6.42 Å². The third kappa shape index (κ3) is 5.38. The van der Waals surface area contributed by atoms with Crippen molar-refractivity contribution in [1.29, 1.82) is 0 Å². The van der Waals surface area contributed by atoms with Gasteiger partial charge >= 0.3 is 5.97 Å². The average molecular weight is 344 g/mol. The SMILES string of the molecule is O=C(COC(=O)Cc1cccs1)Nc1cc(Cl)cc(Cl)c1. The molecule has 0 aliphatic heterocycles. The zero-order valence-corrected chi connectivity index (χ0v) is 13.1. The maximum absolute atomic E-state index is 11.7. The van der Waals surface area contributed by atoms with Gasteiger partial charge in [-0.25, -0.2) is 0 Å². The molecule has 1 amide bonds. The Kier molecular flexibility index (Phi) is 5.61. The fourth-order valence-corrected chi connectivity index (χ4v) is 2.79. The molecule has 2 aromatic rings. The molecule has 1 aromatic carbocycles. The van der Waals surface area contributed by atoms with Crippen LogP contribution in [0.5, 0.6) is 0 Å². The highest BCUT2D eigenvalue weighted by Gasteiger charge is 2.10. The van der Waals surface area contributed by atoms with E-state index in [9.17, 15) is 9.59 Å². The maximum Gasteiger partial charge on any atom is 0.311 e. The van der Waals surface area contributed by atoms with Crippen LogP contribution in [0.15, 0.2) is 35.7 Å². The van der Waals surface area contributed by atoms with Crippen molar-refractivity contribution < 1.29 is 14.3 Å². The van der Waals surface area contributed by atoms with E-state index in [2.05, 4.69) is 5.32 Å². The Morgan fingerprint density at radius 3 is 2.52 bits per heavy atom. The van der Waals surface area contributed by atoms with E-state index in [1.807, 2.05) is 17.5 Å². The van der Waals surface area contributed by atoms with Crippen LogP contribution >= 0.6 is 34.5 Å². The van der Waals surface area contributed by atoms with Crippen molar-refractivity contribution in [2.75, 3.05) is 11.9 Å². The minimum absolute atomic E-state index is 0.161. The van der Waals surface area contributed by atoms with Crippen molar-refractivity contribution >= 4 is 52.1 Å². The highest BCUT2D eigenvalue weighted by molar-refractivity contribution is 7.10. The van der Waals surface area contributed by atoms with Crippen LogP contribution in [0.2, 0.25) is 10.0 Å². The van der Waals surface area contributed by atoms with Crippen LogP contribution < -0.4 is 5.32 Å². The predicted octanol–water partition coefficient (Wildman–Crippen LogP) is 3.78. The number of benzene rings is 1. The molecule has 0 atom stereocenters. The number of halogens is 2. The Morgan fingerprint density at radius 1 is 1.19 bits per heavy atom. The minimum Gasteiger partial charge on any atom is -0.455 e. The summed E-state index contributed by atoms with van der Waals surface area (Å²) in [6, 6.07) is 8.35. The van der Waals surface area contributed by atoms with Crippen LogP contribution in [0.4, 0.5) is 5.69 Å². The zero-order valence-electron chi connectivity index (χ0n) is 10.8. The molecule has 4 nitrogen and oxygen atoms in total. The summed E-state index contributed by atoms with van der Waals surface area (Å²) in [6.45, 7) is -0.353. The van der Waals surface area contributed by atoms with Gasteiger partial charge in [0.2, 0.25) is 0 Å². The second-order valence-electron chi connectivity index (χ2n) is 4.12. The molecule has 1 aromatic heterocycles. The number of nitrogens with one attached hydrogen (secondary N) is 1. The summed E-state index contributed by atoms with van der Waals surface area (Å²) in [6.07, 6.45) is 0.161. The molecule has 0 unspecified atom stereocenters. The molecule has 7 heteroatoms. The van der Waals surface area contributed by atoms with E-state index < -0.39 is 11.9 Å². The van der Waals surface area contributed by atoms with Gasteiger partial charge in [-0.15, -0.1) is 11.3 Å². The predicted molar refractivity (Wildman–Crippen MR) is 84.1 cm³/mol. The second kappa shape index (κ2) is 7.45. The number of carbonyl (C=O) groups excluding carboxylic acids is 2. The Bertz CT molecular complexity index is 623. The van der Waals surface area contributed by atoms with Gasteiger partial charge in [-0.05, 0) is 29.6 Å². The Balaban J connectivity index is 1.80. The topological polar surface area (TPSA) is 55.4 Å². The molecule has 0 aliphatic rings. The number of carbonyl (C=O) groups is 2. The standard InChI is InChI=1S/C14H11Cl2NO3S/c15-9-4-10(16)6-11(5-9)17-13(18)8-20-14(19)7-12-2-1-3-21-12/h1-6H,7-8H2,(H,17,18). The number of amides is 1. The number of anilines is 1. The normalized spacial score (nSPS) is 10.2. The van der Waals surface area contributed by atoms with Crippen LogP contribution in [0, 0.1) is 0 Å². The summed E-state index contributed by atoms with van der Waals surface area (Å²) < 4.78 is 4.90. The molecule has 1 N–H and O–H groups in total. The molecule has 21 heavy (non-hydrogen) atoms. The molecule has 0 radical (unpaired) electrons. The van der Waals surface area contributed by atoms with E-state index in [0.29, 0.717) is 15.7 Å². The van der Waals surface area contributed by atoms with Crippen molar-refractivity contribution in [3.63, 3.8) is 0 Å². The molecule has 0 fully saturated rings. The van der Waals surface area contributed by atoms with Gasteiger partial charge in [0.1, 0.15) is 0 Å². The molecule has 0 spiro atoms. The fourth-order valence-electron chi connectivity index (χ4n) is 1.58. The lowest BCUT2D eigenvalue weighted by Crippen LogP contribution is -2.21. The lowest BCUT2D eigenvalue weighted by Gasteiger charge is -2.07. The van der Waals surface area contributed by atoms with Gasteiger partial charge in [0.25, 0.3) is 5.91 Å². The number of rotatable bonds is 5. The Labute approximate surface area is 135 Å². The molecule has 2 rings (SSSR count). The van der Waals surface area contributed by atoms with E-state index >= 15 is 0 Å². The summed E-state index contributed by atoms with van der Waals surface area (Å²) in [5, 5.41) is 5.25. The average Bonchev–Trinajstić information content (AvgIpc) is 2.88. The highest BCUT2D eigenvalue weighted by Crippen LogP contribution is 2.22. The van der Waals surface area contributed by atoms with Crippen molar-refractivity contribution in [3.05, 3.63) is 50.6 Å². The van der Waals surface area contributed by atoms with Crippen molar-refractivity contribution in [2.24, 2.45) is 0 Å². The Morgan fingerprint density at radius 2 is 1.90 bits per heavy atom. The van der Waals surface area contributed by atoms with E-state index in [0.717, 1.165) is 4.88 Å². The number of thiophene rings is 1. The molecule has 0 bridgehead atoms. The monoisotopic (exact) mass is 343 g/mol. The second-order valence-corrected chi connectivity index (χ2v) is 6.03. The first-order valence-electron chi connectivity index (χ1n) is 5.97. The number of esters is 1. The highest BCUT2D eigenvalue weighted by atomic mass is 35.5. The third-order valence-corrected chi connectivity index (χ3v) is 3.72. The number of hydrogen-bond acceptors (Lipinski definition) is 4. The number of ether oxygens (including phenoxy) is 1. The van der Waals surface area contributed by atoms with Crippen molar-refractivity contribution in [3.8, 4) is 0 Å². The molecule has 0 aliphatic carbocycles. The van der Waals surface area contributed by atoms with Gasteiger partial charge in [-0.2, -0.15) is 0 Å². The first-order chi connectivity index (χ1) is 10.0.